The summed E-state index contributed by atoms with van der Waals surface area (Å²) in [5.41, 5.74) is 24.6. The van der Waals surface area contributed by atoms with Gasteiger partial charge in [-0.15, -0.1) is 0 Å². The minimum Gasteiger partial charge on any atom is -0.310 e. The van der Waals surface area contributed by atoms with E-state index in [1.807, 2.05) is 0 Å². The Labute approximate surface area is 371 Å². The van der Waals surface area contributed by atoms with Gasteiger partial charge >= 0.3 is 0 Å². The maximum Gasteiger partial charge on any atom is 0.0755 e. The average Bonchev–Trinajstić information content (AvgIpc) is 4.05. The monoisotopic (exact) mass is 810 g/mol. The normalized spacial score (nSPS) is 14.5. The van der Waals surface area contributed by atoms with Crippen LogP contribution >= 0.6 is 0 Å². The lowest BCUT2D eigenvalue weighted by Crippen LogP contribution is -2.33. The highest BCUT2D eigenvalue weighted by atomic mass is 15.1. The molecule has 2 heterocycles. The van der Waals surface area contributed by atoms with Crippen molar-refractivity contribution in [1.82, 2.24) is 4.57 Å². The molecule has 0 saturated carbocycles. The molecule has 3 aliphatic carbocycles. The van der Waals surface area contributed by atoms with Crippen molar-refractivity contribution >= 4 is 38.9 Å². The van der Waals surface area contributed by atoms with Gasteiger partial charge in [0.15, 0.2) is 0 Å². The number of benzene rings is 10. The molecule has 64 heavy (non-hydrogen) atoms. The van der Waals surface area contributed by atoms with E-state index in [1.54, 1.807) is 0 Å². The van der Waals surface area contributed by atoms with Crippen LogP contribution in [0.5, 0.6) is 0 Å². The predicted molar refractivity (Wildman–Crippen MR) is 263 cm³/mol. The van der Waals surface area contributed by atoms with Gasteiger partial charge in [0.2, 0.25) is 0 Å². The molecule has 0 N–H and O–H groups in total. The summed E-state index contributed by atoms with van der Waals surface area (Å²) in [6, 6.07) is 87.0. The molecule has 2 nitrogen and oxygen atoms in total. The molecule has 10 aromatic carbocycles. The highest BCUT2D eigenvalue weighted by Gasteiger charge is 2.53. The van der Waals surface area contributed by atoms with E-state index in [0.717, 1.165) is 17.1 Å². The number of rotatable bonds is 3. The average molecular weight is 811 g/mol. The topological polar surface area (TPSA) is 8.17 Å². The zero-order chi connectivity index (χ0) is 41.7. The van der Waals surface area contributed by atoms with Crippen LogP contribution in [-0.4, -0.2) is 4.57 Å². The van der Waals surface area contributed by atoms with Crippen LogP contribution in [-0.2, 0) is 10.8 Å². The molecule has 2 heteroatoms. The third kappa shape index (κ3) is 3.99. The Morgan fingerprint density at radius 3 is 1.30 bits per heavy atom. The van der Waals surface area contributed by atoms with Gasteiger partial charge in [-0.2, -0.15) is 0 Å². The van der Waals surface area contributed by atoms with Crippen LogP contribution in [0.15, 0.2) is 231 Å². The van der Waals surface area contributed by atoms with Crippen LogP contribution in [0.3, 0.4) is 0 Å². The highest BCUT2D eigenvalue weighted by molar-refractivity contribution is 6.14. The molecule has 0 bridgehead atoms. The van der Waals surface area contributed by atoms with Gasteiger partial charge < -0.3 is 9.47 Å². The fourth-order valence-electron chi connectivity index (χ4n) is 12.9. The van der Waals surface area contributed by atoms with E-state index in [4.69, 9.17) is 0 Å². The van der Waals surface area contributed by atoms with E-state index in [9.17, 15) is 0 Å². The van der Waals surface area contributed by atoms with E-state index in [-0.39, 0.29) is 0 Å². The molecule has 2 spiro atoms. The fraction of sp³-hybridized carbons (Fsp3) is 0.0323. The summed E-state index contributed by atoms with van der Waals surface area (Å²) in [6.45, 7) is 0. The Bertz CT molecular complexity index is 3700. The number of para-hydroxylation sites is 3. The van der Waals surface area contributed by atoms with Crippen molar-refractivity contribution in [2.24, 2.45) is 0 Å². The van der Waals surface area contributed by atoms with Crippen LogP contribution in [0.25, 0.3) is 60.9 Å². The molecule has 1 aromatic heterocycles. The van der Waals surface area contributed by atoms with Crippen molar-refractivity contribution in [2.75, 3.05) is 4.90 Å². The lowest BCUT2D eigenvalue weighted by molar-refractivity contribution is 0.748. The van der Waals surface area contributed by atoms with Crippen LogP contribution < -0.4 is 4.90 Å². The first-order chi connectivity index (χ1) is 31.8. The molecule has 0 saturated heterocycles. The van der Waals surface area contributed by atoms with Crippen molar-refractivity contribution < 1.29 is 0 Å². The Kier molecular flexibility index (Phi) is 6.58. The van der Waals surface area contributed by atoms with Gasteiger partial charge in [0, 0.05) is 27.8 Å². The minimum atomic E-state index is -0.550. The van der Waals surface area contributed by atoms with Crippen molar-refractivity contribution in [3.63, 3.8) is 0 Å². The second kappa shape index (κ2) is 12.2. The number of fused-ring (bicyclic) bond motifs is 22. The van der Waals surface area contributed by atoms with Crippen molar-refractivity contribution in [3.05, 3.63) is 275 Å². The molecule has 0 amide bonds. The second-order valence-electron chi connectivity index (χ2n) is 17.9. The van der Waals surface area contributed by atoms with Gasteiger partial charge in [0.1, 0.15) is 0 Å². The molecule has 0 fully saturated rings. The SMILES string of the molecule is c1ccc(N(c2ccc3c(c2)C2(c4ccccc4-c4ccccc42)c2ccccc2-3)c2cc3c4c(c2)c2ccccc2n4-c2ccccc2C32c3ccccc3-c3ccccc32)cc1. The standard InChI is InChI=1S/C62H38N2/c1-2-18-39(19-3-1)63(40-34-35-47-46-24-8-12-28-52(46)61(56(47)37-40)50-26-10-4-20-42(50)43-21-5-11-27-51(43)61)41-36-49-48-25-9-16-32-58(48)64-59-33-17-15-31-55(59)62(57(38-41)60(49)64)53-29-13-6-22-44(53)45-23-7-14-30-54(45)62/h1-38H. The van der Waals surface area contributed by atoms with Crippen molar-refractivity contribution in [1.29, 1.82) is 0 Å². The van der Waals surface area contributed by atoms with Gasteiger partial charge in [0.05, 0.1) is 27.6 Å². The summed E-state index contributed by atoms with van der Waals surface area (Å²) in [5, 5.41) is 2.51. The summed E-state index contributed by atoms with van der Waals surface area (Å²) < 4.78 is 2.55. The minimum absolute atomic E-state index is 0.452. The summed E-state index contributed by atoms with van der Waals surface area (Å²) in [4.78, 5) is 2.52. The molecule has 11 aromatic rings. The second-order valence-corrected chi connectivity index (χ2v) is 17.9. The van der Waals surface area contributed by atoms with Crippen LogP contribution in [0.1, 0.15) is 44.5 Å². The molecular formula is C62H38N2. The molecule has 296 valence electrons. The zero-order valence-electron chi connectivity index (χ0n) is 34.8. The van der Waals surface area contributed by atoms with Crippen LogP contribution in [0.2, 0.25) is 0 Å². The van der Waals surface area contributed by atoms with Gasteiger partial charge in [-0.3, -0.25) is 0 Å². The van der Waals surface area contributed by atoms with E-state index >= 15 is 0 Å². The third-order valence-electron chi connectivity index (χ3n) is 15.2. The van der Waals surface area contributed by atoms with Crippen molar-refractivity contribution in [3.8, 4) is 39.1 Å². The van der Waals surface area contributed by atoms with Crippen molar-refractivity contribution in [2.45, 2.75) is 10.8 Å². The molecule has 1 aliphatic heterocycles. The number of anilines is 3. The summed E-state index contributed by atoms with van der Waals surface area (Å²) >= 11 is 0. The lowest BCUT2D eigenvalue weighted by Gasteiger charge is -2.40. The van der Waals surface area contributed by atoms with E-state index in [1.165, 1.54) is 105 Å². The first kappa shape index (κ1) is 34.4. The van der Waals surface area contributed by atoms with Gasteiger partial charge in [-0.05, 0) is 126 Å². The molecule has 15 rings (SSSR count). The number of nitrogens with zero attached hydrogens (tertiary/aromatic N) is 2. The Hall–Kier alpha value is -8.20. The van der Waals surface area contributed by atoms with Gasteiger partial charge in [-0.25, -0.2) is 0 Å². The lowest BCUT2D eigenvalue weighted by atomic mass is 9.65. The third-order valence-corrected chi connectivity index (χ3v) is 15.2. The fourth-order valence-corrected chi connectivity index (χ4v) is 12.9. The van der Waals surface area contributed by atoms with Crippen LogP contribution in [0.4, 0.5) is 17.1 Å². The first-order valence-corrected chi connectivity index (χ1v) is 22.4. The van der Waals surface area contributed by atoms with E-state index in [0.29, 0.717) is 0 Å². The van der Waals surface area contributed by atoms with Gasteiger partial charge in [0.25, 0.3) is 0 Å². The predicted octanol–water partition coefficient (Wildman–Crippen LogP) is 15.3. The highest BCUT2D eigenvalue weighted by Crippen LogP contribution is 2.65. The smallest absolute Gasteiger partial charge is 0.0755 e. The van der Waals surface area contributed by atoms with E-state index < -0.39 is 10.8 Å². The van der Waals surface area contributed by atoms with E-state index in [2.05, 4.69) is 240 Å². The molecule has 0 unspecified atom stereocenters. The number of aromatic nitrogens is 1. The zero-order valence-corrected chi connectivity index (χ0v) is 34.8. The van der Waals surface area contributed by atoms with Crippen LogP contribution in [0, 0.1) is 0 Å². The Balaban J connectivity index is 1.07. The largest absolute Gasteiger partial charge is 0.310 e. The first-order valence-electron chi connectivity index (χ1n) is 22.4. The molecular weight excluding hydrogens is 773 g/mol. The quantitative estimate of drug-likeness (QED) is 0.173. The van der Waals surface area contributed by atoms with Gasteiger partial charge in [-0.1, -0.05) is 182 Å². The molecule has 0 radical (unpaired) electrons. The Morgan fingerprint density at radius 1 is 0.281 bits per heavy atom. The molecule has 0 atom stereocenters. The Morgan fingerprint density at radius 2 is 0.719 bits per heavy atom. The maximum absolute atomic E-state index is 2.55. The summed E-state index contributed by atoms with van der Waals surface area (Å²) in [7, 11) is 0. The number of hydrogen-bond acceptors (Lipinski definition) is 1. The number of hydrogen-bond donors (Lipinski definition) is 0. The maximum atomic E-state index is 2.55. The molecule has 4 aliphatic rings. The summed E-state index contributed by atoms with van der Waals surface area (Å²) in [6.07, 6.45) is 0. The summed E-state index contributed by atoms with van der Waals surface area (Å²) in [5.74, 6) is 0.